The molecule has 0 spiro atoms. The average Bonchev–Trinajstić information content (AvgIpc) is 3.10. The molecule has 6 heteroatoms. The Morgan fingerprint density at radius 3 is 3.00 bits per heavy atom. The molecule has 2 aromatic rings. The van der Waals surface area contributed by atoms with E-state index in [1.165, 1.54) is 6.42 Å². The second-order valence-electron chi connectivity index (χ2n) is 5.24. The Labute approximate surface area is 131 Å². The van der Waals surface area contributed by atoms with Gasteiger partial charge in [0, 0.05) is 31.9 Å². The molecule has 0 aliphatic rings. The van der Waals surface area contributed by atoms with Crippen LogP contribution in [0, 0.1) is 0 Å². The molecule has 0 aromatic carbocycles. The van der Waals surface area contributed by atoms with Gasteiger partial charge in [0.15, 0.2) is 5.15 Å². The van der Waals surface area contributed by atoms with Crippen LogP contribution in [0.5, 0.6) is 0 Å². The van der Waals surface area contributed by atoms with Gasteiger partial charge in [0.1, 0.15) is 5.82 Å². The van der Waals surface area contributed by atoms with Gasteiger partial charge in [-0.05, 0) is 25.8 Å². The minimum atomic E-state index is 0.604. The molecule has 0 saturated carbocycles. The third-order valence-corrected chi connectivity index (χ3v) is 3.74. The maximum absolute atomic E-state index is 6.14. The number of hydrogen-bond donors (Lipinski definition) is 2. The Hall–Kier alpha value is -1.33. The molecular weight excluding hydrogens is 286 g/mol. The van der Waals surface area contributed by atoms with E-state index in [2.05, 4.69) is 31.8 Å². The summed E-state index contributed by atoms with van der Waals surface area (Å²) in [5.74, 6) is 0.999. The summed E-state index contributed by atoms with van der Waals surface area (Å²) in [5, 5.41) is 4.02. The van der Waals surface area contributed by atoms with Gasteiger partial charge in [0.05, 0.1) is 12.0 Å². The van der Waals surface area contributed by atoms with Gasteiger partial charge in [0.2, 0.25) is 0 Å². The second-order valence-corrected chi connectivity index (χ2v) is 5.60. The molecular formula is C15H24ClN5. The topological polar surface area (TPSA) is 58.5 Å². The Bertz CT molecular complexity index is 506. The van der Waals surface area contributed by atoms with E-state index in [0.717, 1.165) is 56.8 Å². The lowest BCUT2D eigenvalue weighted by atomic mass is 10.2. The minimum Gasteiger partial charge on any atom is -0.344 e. The highest BCUT2D eigenvalue weighted by molar-refractivity contribution is 6.30. The molecule has 2 aromatic heterocycles. The standard InChI is InChI=1S/C15H24ClN5/c1-2-3-6-14-19-13(15(16)20-14)11-17-7-4-5-9-21-10-8-18-12-21/h8,10,12,17H,2-7,9,11H2,1H3,(H,19,20). The van der Waals surface area contributed by atoms with E-state index in [1.807, 2.05) is 18.7 Å². The molecule has 0 aliphatic carbocycles. The van der Waals surface area contributed by atoms with Crippen molar-refractivity contribution < 1.29 is 0 Å². The van der Waals surface area contributed by atoms with E-state index in [9.17, 15) is 0 Å². The predicted octanol–water partition coefficient (Wildman–Crippen LogP) is 3.17. The molecule has 0 fully saturated rings. The highest BCUT2D eigenvalue weighted by Gasteiger charge is 2.07. The van der Waals surface area contributed by atoms with Gasteiger partial charge in [-0.15, -0.1) is 0 Å². The molecule has 0 radical (unpaired) electrons. The first-order chi connectivity index (χ1) is 10.3. The smallest absolute Gasteiger partial charge is 0.151 e. The number of H-pyrrole nitrogens is 1. The molecule has 0 bridgehead atoms. The van der Waals surface area contributed by atoms with Crippen LogP contribution in [0.1, 0.15) is 44.1 Å². The van der Waals surface area contributed by atoms with Crippen molar-refractivity contribution in [2.24, 2.45) is 0 Å². The van der Waals surface area contributed by atoms with Crippen LogP contribution >= 0.6 is 11.6 Å². The Kier molecular flexibility index (Phi) is 6.76. The monoisotopic (exact) mass is 309 g/mol. The summed E-state index contributed by atoms with van der Waals surface area (Å²) in [5.41, 5.74) is 0.998. The van der Waals surface area contributed by atoms with E-state index in [0.29, 0.717) is 5.15 Å². The molecule has 21 heavy (non-hydrogen) atoms. The fraction of sp³-hybridized carbons (Fsp3) is 0.600. The summed E-state index contributed by atoms with van der Waals surface area (Å²) >= 11 is 6.14. The van der Waals surface area contributed by atoms with Crippen LogP contribution in [0.25, 0.3) is 0 Å². The van der Waals surface area contributed by atoms with E-state index in [4.69, 9.17) is 11.6 Å². The van der Waals surface area contributed by atoms with Crippen LogP contribution in [-0.2, 0) is 19.5 Å². The number of nitrogens with one attached hydrogen (secondary N) is 2. The lowest BCUT2D eigenvalue weighted by Crippen LogP contribution is -2.15. The number of imidazole rings is 2. The van der Waals surface area contributed by atoms with Gasteiger partial charge >= 0.3 is 0 Å². The van der Waals surface area contributed by atoms with Crippen LogP contribution in [-0.4, -0.2) is 26.1 Å². The number of hydrogen-bond acceptors (Lipinski definition) is 3. The molecule has 0 aliphatic heterocycles. The highest BCUT2D eigenvalue weighted by Crippen LogP contribution is 2.13. The molecule has 116 valence electrons. The molecule has 0 saturated heterocycles. The number of aryl methyl sites for hydroxylation is 2. The van der Waals surface area contributed by atoms with Crippen molar-refractivity contribution in [1.29, 1.82) is 0 Å². The third-order valence-electron chi connectivity index (χ3n) is 3.43. The van der Waals surface area contributed by atoms with Crippen molar-refractivity contribution in [3.8, 4) is 0 Å². The number of aromatic amines is 1. The van der Waals surface area contributed by atoms with Crippen molar-refractivity contribution >= 4 is 11.6 Å². The van der Waals surface area contributed by atoms with Crippen LogP contribution in [0.15, 0.2) is 18.7 Å². The maximum Gasteiger partial charge on any atom is 0.151 e. The fourth-order valence-electron chi connectivity index (χ4n) is 2.20. The highest BCUT2D eigenvalue weighted by atomic mass is 35.5. The molecule has 0 unspecified atom stereocenters. The SMILES string of the molecule is CCCCc1nc(Cl)c(CNCCCCn2ccnc2)[nH]1. The van der Waals surface area contributed by atoms with Gasteiger partial charge in [-0.2, -0.15) is 0 Å². The Balaban J connectivity index is 1.60. The quantitative estimate of drug-likeness (QED) is 0.663. The largest absolute Gasteiger partial charge is 0.344 e. The van der Waals surface area contributed by atoms with Crippen molar-refractivity contribution in [3.05, 3.63) is 35.4 Å². The lowest BCUT2D eigenvalue weighted by molar-refractivity contribution is 0.565. The summed E-state index contributed by atoms with van der Waals surface area (Å²) in [6.07, 6.45) is 11.2. The van der Waals surface area contributed by atoms with Gasteiger partial charge in [-0.1, -0.05) is 24.9 Å². The summed E-state index contributed by atoms with van der Waals surface area (Å²) in [6.45, 7) is 4.93. The zero-order valence-electron chi connectivity index (χ0n) is 12.6. The number of unbranched alkanes of at least 4 members (excludes halogenated alkanes) is 2. The Morgan fingerprint density at radius 1 is 1.33 bits per heavy atom. The van der Waals surface area contributed by atoms with Gasteiger partial charge in [-0.25, -0.2) is 9.97 Å². The molecule has 5 nitrogen and oxygen atoms in total. The van der Waals surface area contributed by atoms with Crippen molar-refractivity contribution in [1.82, 2.24) is 24.8 Å². The molecule has 2 heterocycles. The van der Waals surface area contributed by atoms with E-state index in [1.54, 1.807) is 0 Å². The summed E-state index contributed by atoms with van der Waals surface area (Å²) in [7, 11) is 0. The lowest BCUT2D eigenvalue weighted by Gasteiger charge is -2.04. The predicted molar refractivity (Wildman–Crippen MR) is 85.4 cm³/mol. The molecule has 2 rings (SSSR count). The number of halogens is 1. The van der Waals surface area contributed by atoms with Crippen LogP contribution in [0.2, 0.25) is 5.15 Å². The fourth-order valence-corrected chi connectivity index (χ4v) is 2.41. The summed E-state index contributed by atoms with van der Waals surface area (Å²) in [4.78, 5) is 11.7. The van der Waals surface area contributed by atoms with E-state index >= 15 is 0 Å². The number of aromatic nitrogens is 4. The summed E-state index contributed by atoms with van der Waals surface area (Å²) in [6, 6.07) is 0. The van der Waals surface area contributed by atoms with Crippen molar-refractivity contribution in [2.75, 3.05) is 6.54 Å². The molecule has 0 amide bonds. The Morgan fingerprint density at radius 2 is 2.24 bits per heavy atom. The minimum absolute atomic E-state index is 0.604. The summed E-state index contributed by atoms with van der Waals surface area (Å²) < 4.78 is 2.10. The van der Waals surface area contributed by atoms with Crippen LogP contribution < -0.4 is 5.32 Å². The van der Waals surface area contributed by atoms with Gasteiger partial charge < -0.3 is 14.9 Å². The number of rotatable bonds is 10. The zero-order chi connectivity index (χ0) is 14.9. The van der Waals surface area contributed by atoms with Crippen molar-refractivity contribution in [3.63, 3.8) is 0 Å². The van der Waals surface area contributed by atoms with E-state index < -0.39 is 0 Å². The molecule has 2 N–H and O–H groups in total. The normalized spacial score (nSPS) is 11.1. The zero-order valence-corrected chi connectivity index (χ0v) is 13.4. The second kappa shape index (κ2) is 8.85. The first-order valence-electron chi connectivity index (χ1n) is 7.69. The number of nitrogens with zero attached hydrogens (tertiary/aromatic N) is 3. The van der Waals surface area contributed by atoms with Gasteiger partial charge in [0.25, 0.3) is 0 Å². The maximum atomic E-state index is 6.14. The first-order valence-corrected chi connectivity index (χ1v) is 8.07. The molecule has 0 atom stereocenters. The average molecular weight is 310 g/mol. The first kappa shape index (κ1) is 16.0. The van der Waals surface area contributed by atoms with Crippen LogP contribution in [0.4, 0.5) is 0 Å². The third kappa shape index (κ3) is 5.52. The van der Waals surface area contributed by atoms with Gasteiger partial charge in [-0.3, -0.25) is 0 Å². The van der Waals surface area contributed by atoms with Crippen molar-refractivity contribution in [2.45, 2.75) is 52.1 Å². The van der Waals surface area contributed by atoms with E-state index in [-0.39, 0.29) is 0 Å². The van der Waals surface area contributed by atoms with Crippen LogP contribution in [0.3, 0.4) is 0 Å².